The Labute approximate surface area is 226 Å². The number of likely N-dealkylation sites (tertiary alicyclic amines) is 1. The first-order valence-electron chi connectivity index (χ1n) is 13.6. The van der Waals surface area contributed by atoms with Gasteiger partial charge in [-0.2, -0.15) is 0 Å². The van der Waals surface area contributed by atoms with Crippen molar-refractivity contribution >= 4 is 16.9 Å². The minimum Gasteiger partial charge on any atom is -0.497 e. The summed E-state index contributed by atoms with van der Waals surface area (Å²) in [5.41, 5.74) is 1.86. The van der Waals surface area contributed by atoms with Crippen molar-refractivity contribution in [2.75, 3.05) is 67.6 Å². The molecule has 2 atom stereocenters. The monoisotopic (exact) mass is 537 g/mol. The largest absolute Gasteiger partial charge is 0.497 e. The third kappa shape index (κ3) is 9.03. The molecule has 1 aromatic carbocycles. The van der Waals surface area contributed by atoms with Crippen molar-refractivity contribution in [3.63, 3.8) is 0 Å². The number of rotatable bonds is 12. The molecule has 2 aliphatic rings. The quantitative estimate of drug-likeness (QED) is 0.381. The van der Waals surface area contributed by atoms with E-state index in [0.717, 1.165) is 60.5 Å². The number of carbonyl (C=O) groups is 1. The first kappa shape index (κ1) is 30.0. The van der Waals surface area contributed by atoms with Crippen molar-refractivity contribution in [3.05, 3.63) is 23.3 Å². The van der Waals surface area contributed by atoms with E-state index in [2.05, 4.69) is 11.9 Å². The average Bonchev–Trinajstić information content (AvgIpc) is 2.86. The Balaban J connectivity index is 1.32. The molecule has 1 heterocycles. The molecule has 1 saturated heterocycles. The number of benzene rings is 1. The second-order valence-corrected chi connectivity index (χ2v) is 12.4. The van der Waals surface area contributed by atoms with Crippen LogP contribution in [0.15, 0.2) is 17.0 Å². The van der Waals surface area contributed by atoms with Crippen LogP contribution in [0.3, 0.4) is 0 Å². The predicted octanol–water partition coefficient (Wildman–Crippen LogP) is 3.41. The molecule has 0 N–H and O–H groups in total. The van der Waals surface area contributed by atoms with Crippen LogP contribution in [0.1, 0.15) is 49.7 Å². The minimum absolute atomic E-state index is 0.00534. The Morgan fingerprint density at radius 3 is 2.38 bits per heavy atom. The van der Waals surface area contributed by atoms with E-state index < -0.39 is 11.0 Å². The van der Waals surface area contributed by atoms with Crippen molar-refractivity contribution in [2.24, 2.45) is 5.92 Å². The van der Waals surface area contributed by atoms with Crippen LogP contribution in [0.25, 0.3) is 0 Å². The van der Waals surface area contributed by atoms with Gasteiger partial charge in [0.05, 0.1) is 30.8 Å². The fourth-order valence-corrected chi connectivity index (χ4v) is 6.67. The number of amides is 1. The molecule has 0 spiro atoms. The number of aryl methyl sites for hydroxylation is 2. The normalized spacial score (nSPS) is 23.7. The van der Waals surface area contributed by atoms with Crippen molar-refractivity contribution in [1.29, 1.82) is 0 Å². The van der Waals surface area contributed by atoms with Crippen LogP contribution in [0.2, 0.25) is 0 Å². The molecule has 2 fully saturated rings. The van der Waals surface area contributed by atoms with Gasteiger partial charge >= 0.3 is 0 Å². The van der Waals surface area contributed by atoms with Gasteiger partial charge in [0.1, 0.15) is 23.3 Å². The number of hydrogen-bond acceptors (Lipinski definition) is 6. The van der Waals surface area contributed by atoms with Gasteiger partial charge in [0.15, 0.2) is 0 Å². The number of ether oxygens (including phenoxy) is 3. The zero-order chi connectivity index (χ0) is 26.9. The highest BCUT2D eigenvalue weighted by Crippen LogP contribution is 2.29. The van der Waals surface area contributed by atoms with E-state index in [9.17, 15) is 9.00 Å². The highest BCUT2D eigenvalue weighted by Gasteiger charge is 2.27. The Morgan fingerprint density at radius 1 is 1.08 bits per heavy atom. The number of hydrogen-bond donors (Lipinski definition) is 0. The summed E-state index contributed by atoms with van der Waals surface area (Å²) in [5.74, 6) is 1.28. The molecule has 1 aliphatic carbocycles. The van der Waals surface area contributed by atoms with Gasteiger partial charge in [-0.05, 0) is 95.1 Å². The molecule has 0 radical (unpaired) electrons. The van der Waals surface area contributed by atoms with E-state index in [4.69, 9.17) is 14.2 Å². The van der Waals surface area contributed by atoms with Crippen LogP contribution in [-0.2, 0) is 25.3 Å². The molecule has 1 aromatic rings. The maximum atomic E-state index is 13.0. The van der Waals surface area contributed by atoms with E-state index in [0.29, 0.717) is 31.3 Å². The second kappa shape index (κ2) is 14.6. The Morgan fingerprint density at radius 2 is 1.76 bits per heavy atom. The van der Waals surface area contributed by atoms with Gasteiger partial charge in [0.25, 0.3) is 0 Å². The first-order chi connectivity index (χ1) is 17.7. The molecule has 0 aromatic heterocycles. The smallest absolute Gasteiger partial charge is 0.248 e. The van der Waals surface area contributed by atoms with Crippen LogP contribution in [-0.4, -0.2) is 104 Å². The lowest BCUT2D eigenvalue weighted by Crippen LogP contribution is -2.40. The van der Waals surface area contributed by atoms with Gasteiger partial charge in [0, 0.05) is 33.7 Å². The predicted molar refractivity (Wildman–Crippen MR) is 147 cm³/mol. The zero-order valence-corrected chi connectivity index (χ0v) is 24.5. The summed E-state index contributed by atoms with van der Waals surface area (Å²) < 4.78 is 32.1. The minimum atomic E-state index is -1.31. The standard InChI is InChI=1S/C28H47N3O5S/c1-21-16-26(34-6)17-22(2)28(21)37(33)31(5)14-15-35-20-27(32)30(4)18-23-9-11-24(12-10-23)36-25-8-7-13-29(3)19-25/h16-17,23-25H,7-15,18-20H2,1-6H3. The van der Waals surface area contributed by atoms with Gasteiger partial charge in [0.2, 0.25) is 5.91 Å². The Bertz CT molecular complexity index is 883. The van der Waals surface area contributed by atoms with Gasteiger partial charge in [-0.15, -0.1) is 0 Å². The van der Waals surface area contributed by atoms with E-state index in [1.54, 1.807) is 16.3 Å². The summed E-state index contributed by atoms with van der Waals surface area (Å²) in [4.78, 5) is 17.6. The van der Waals surface area contributed by atoms with Crippen LogP contribution in [0.4, 0.5) is 0 Å². The SMILES string of the molecule is COc1cc(C)c(S(=O)N(C)CCOCC(=O)N(C)CC2CCC(OC3CCCN(C)C3)CC2)c(C)c1. The molecule has 0 bridgehead atoms. The summed E-state index contributed by atoms with van der Waals surface area (Å²) in [6.45, 7) is 7.73. The van der Waals surface area contributed by atoms with Crippen LogP contribution < -0.4 is 4.74 Å². The fraction of sp³-hybridized carbons (Fsp3) is 0.750. The van der Waals surface area contributed by atoms with Crippen molar-refractivity contribution in [2.45, 2.75) is 69.5 Å². The summed E-state index contributed by atoms with van der Waals surface area (Å²) in [7, 11) is 6.17. The van der Waals surface area contributed by atoms with Crippen LogP contribution in [0, 0.1) is 19.8 Å². The van der Waals surface area contributed by atoms with Gasteiger partial charge in [-0.3, -0.25) is 4.79 Å². The first-order valence-corrected chi connectivity index (χ1v) is 14.7. The van der Waals surface area contributed by atoms with Crippen molar-refractivity contribution < 1.29 is 23.2 Å². The summed E-state index contributed by atoms with van der Waals surface area (Å²) in [5, 5.41) is 0. The summed E-state index contributed by atoms with van der Waals surface area (Å²) in [6.07, 6.45) is 7.52. The van der Waals surface area contributed by atoms with Gasteiger partial charge < -0.3 is 24.0 Å². The van der Waals surface area contributed by atoms with Crippen LogP contribution >= 0.6 is 0 Å². The molecule has 210 valence electrons. The third-order valence-electron chi connectivity index (χ3n) is 7.62. The van der Waals surface area contributed by atoms with Gasteiger partial charge in [-0.1, -0.05) is 0 Å². The average molecular weight is 538 g/mol. The third-order valence-corrected chi connectivity index (χ3v) is 9.36. The fourth-order valence-electron chi connectivity index (χ4n) is 5.45. The lowest BCUT2D eigenvalue weighted by Gasteiger charge is -2.36. The highest BCUT2D eigenvalue weighted by molar-refractivity contribution is 7.82. The maximum Gasteiger partial charge on any atom is 0.248 e. The molecular weight excluding hydrogens is 490 g/mol. The topological polar surface area (TPSA) is 71.5 Å². The second-order valence-electron chi connectivity index (χ2n) is 10.8. The van der Waals surface area contributed by atoms with E-state index in [1.807, 2.05) is 40.1 Å². The Kier molecular flexibility index (Phi) is 11.8. The molecule has 1 saturated carbocycles. The molecule has 1 aliphatic heterocycles. The van der Waals surface area contributed by atoms with E-state index in [1.165, 1.54) is 19.4 Å². The summed E-state index contributed by atoms with van der Waals surface area (Å²) in [6, 6.07) is 3.79. The number of nitrogens with zero attached hydrogens (tertiary/aromatic N) is 3. The molecule has 37 heavy (non-hydrogen) atoms. The number of piperidine rings is 1. The molecule has 3 rings (SSSR count). The maximum absolute atomic E-state index is 13.0. The number of likely N-dealkylation sites (N-methyl/N-ethyl adjacent to an activating group) is 3. The molecule has 1 amide bonds. The summed E-state index contributed by atoms with van der Waals surface area (Å²) >= 11 is 0. The van der Waals surface area contributed by atoms with Crippen molar-refractivity contribution in [3.8, 4) is 5.75 Å². The number of methoxy groups -OCH3 is 1. The number of carbonyl (C=O) groups excluding carboxylic acids is 1. The lowest BCUT2D eigenvalue weighted by molar-refractivity contribution is -0.135. The van der Waals surface area contributed by atoms with Crippen LogP contribution in [0.5, 0.6) is 5.75 Å². The highest BCUT2D eigenvalue weighted by atomic mass is 32.2. The van der Waals surface area contributed by atoms with Crippen molar-refractivity contribution in [1.82, 2.24) is 14.1 Å². The molecule has 8 nitrogen and oxygen atoms in total. The van der Waals surface area contributed by atoms with E-state index >= 15 is 0 Å². The molecular formula is C28H47N3O5S. The lowest BCUT2D eigenvalue weighted by atomic mass is 9.87. The zero-order valence-electron chi connectivity index (χ0n) is 23.7. The Hall–Kier alpha value is -1.52. The molecule has 9 heteroatoms. The van der Waals surface area contributed by atoms with E-state index in [-0.39, 0.29) is 12.5 Å². The molecule has 2 unspecified atom stereocenters. The van der Waals surface area contributed by atoms with Gasteiger partial charge in [-0.25, -0.2) is 8.51 Å².